The Labute approximate surface area is 106 Å². The predicted molar refractivity (Wildman–Crippen MR) is 66.8 cm³/mol. The molecule has 0 aliphatic rings. The molecule has 0 bridgehead atoms. The molecule has 2 atom stereocenters. The van der Waals surface area contributed by atoms with Crippen molar-refractivity contribution < 1.29 is 14.7 Å². The first-order valence-corrected chi connectivity index (χ1v) is 5.83. The van der Waals surface area contributed by atoms with Gasteiger partial charge in [0.05, 0.1) is 5.92 Å². The number of aliphatic carboxylic acids is 1. The number of nitrogens with one attached hydrogen (secondary N) is 1. The van der Waals surface area contributed by atoms with E-state index >= 15 is 0 Å². The molecule has 0 fully saturated rings. The van der Waals surface area contributed by atoms with Crippen LogP contribution in [0.5, 0.6) is 0 Å². The van der Waals surface area contributed by atoms with Gasteiger partial charge in [0.15, 0.2) is 0 Å². The monoisotopic (exact) mass is 250 g/mol. The van der Waals surface area contributed by atoms with Crippen molar-refractivity contribution in [1.29, 1.82) is 0 Å². The fraction of sp³-hybridized carbons (Fsp3) is 0.462. The van der Waals surface area contributed by atoms with E-state index in [1.54, 1.807) is 19.3 Å². The summed E-state index contributed by atoms with van der Waals surface area (Å²) in [4.78, 5) is 26.5. The van der Waals surface area contributed by atoms with E-state index in [9.17, 15) is 9.59 Å². The zero-order chi connectivity index (χ0) is 13.7. The molecule has 5 nitrogen and oxygen atoms in total. The Morgan fingerprint density at radius 2 is 2.06 bits per heavy atom. The largest absolute Gasteiger partial charge is 0.481 e. The second-order valence-corrected chi connectivity index (χ2v) is 4.44. The summed E-state index contributed by atoms with van der Waals surface area (Å²) >= 11 is 0. The molecule has 18 heavy (non-hydrogen) atoms. The van der Waals surface area contributed by atoms with Crippen LogP contribution in [0.3, 0.4) is 0 Å². The van der Waals surface area contributed by atoms with Crippen LogP contribution in [0.4, 0.5) is 0 Å². The Balaban J connectivity index is 2.56. The first-order chi connectivity index (χ1) is 8.43. The first kappa shape index (κ1) is 14.2. The highest BCUT2D eigenvalue weighted by molar-refractivity contribution is 5.84. The molecule has 1 rings (SSSR count). The minimum Gasteiger partial charge on any atom is -0.481 e. The smallest absolute Gasteiger partial charge is 0.307 e. The molecule has 0 spiro atoms. The molecule has 98 valence electrons. The second kappa shape index (κ2) is 6.14. The molecule has 1 aromatic heterocycles. The molecule has 5 heteroatoms. The Hall–Kier alpha value is -1.91. The summed E-state index contributed by atoms with van der Waals surface area (Å²) in [6, 6.07) is 1.83. The summed E-state index contributed by atoms with van der Waals surface area (Å²) in [6.07, 6.45) is 3.39. The van der Waals surface area contributed by atoms with Crippen LogP contribution >= 0.6 is 0 Å². The van der Waals surface area contributed by atoms with E-state index in [4.69, 9.17) is 5.11 Å². The Morgan fingerprint density at radius 3 is 2.61 bits per heavy atom. The van der Waals surface area contributed by atoms with Crippen molar-refractivity contribution in [2.45, 2.75) is 27.3 Å². The van der Waals surface area contributed by atoms with Crippen molar-refractivity contribution in [3.8, 4) is 0 Å². The number of aromatic nitrogens is 1. The summed E-state index contributed by atoms with van der Waals surface area (Å²) in [6.45, 7) is 5.46. The van der Waals surface area contributed by atoms with Crippen LogP contribution in [-0.2, 0) is 16.1 Å². The van der Waals surface area contributed by atoms with Crippen molar-refractivity contribution in [2.75, 3.05) is 0 Å². The highest BCUT2D eigenvalue weighted by Crippen LogP contribution is 2.12. The molecule has 0 saturated heterocycles. The van der Waals surface area contributed by atoms with Crippen molar-refractivity contribution in [3.05, 3.63) is 29.6 Å². The number of rotatable bonds is 5. The maximum absolute atomic E-state index is 11.8. The van der Waals surface area contributed by atoms with Crippen LogP contribution in [0, 0.1) is 18.8 Å². The van der Waals surface area contributed by atoms with E-state index in [0.29, 0.717) is 6.54 Å². The Bertz CT molecular complexity index is 446. The number of amides is 1. The summed E-state index contributed by atoms with van der Waals surface area (Å²) in [5.74, 6) is -2.45. The summed E-state index contributed by atoms with van der Waals surface area (Å²) in [7, 11) is 0. The van der Waals surface area contributed by atoms with Gasteiger partial charge in [-0.25, -0.2) is 0 Å². The van der Waals surface area contributed by atoms with Gasteiger partial charge in [0.1, 0.15) is 0 Å². The molecule has 0 radical (unpaired) electrons. The van der Waals surface area contributed by atoms with Crippen molar-refractivity contribution in [1.82, 2.24) is 10.3 Å². The number of nitrogens with zero attached hydrogens (tertiary/aromatic N) is 1. The lowest BCUT2D eigenvalue weighted by Gasteiger charge is -2.16. The standard InChI is InChI=1S/C13H18N2O3/c1-8-6-14-5-4-11(8)7-15-12(16)9(2)10(3)13(17)18/h4-6,9-10H,7H2,1-3H3,(H,15,16)(H,17,18). The van der Waals surface area contributed by atoms with Gasteiger partial charge in [-0.05, 0) is 24.1 Å². The number of pyridine rings is 1. The fourth-order valence-corrected chi connectivity index (χ4v) is 1.48. The first-order valence-electron chi connectivity index (χ1n) is 5.83. The zero-order valence-corrected chi connectivity index (χ0v) is 10.8. The number of carboxylic acids is 1. The van der Waals surface area contributed by atoms with Gasteiger partial charge in [0, 0.05) is 24.9 Å². The van der Waals surface area contributed by atoms with Gasteiger partial charge in [0.25, 0.3) is 0 Å². The lowest BCUT2D eigenvalue weighted by molar-refractivity contribution is -0.146. The molecule has 0 aliphatic carbocycles. The third-order valence-corrected chi connectivity index (χ3v) is 3.14. The topological polar surface area (TPSA) is 79.3 Å². The average Bonchev–Trinajstić information content (AvgIpc) is 2.35. The maximum atomic E-state index is 11.8. The average molecular weight is 250 g/mol. The van der Waals surface area contributed by atoms with Crippen LogP contribution in [-0.4, -0.2) is 22.0 Å². The van der Waals surface area contributed by atoms with Gasteiger partial charge < -0.3 is 10.4 Å². The predicted octanol–water partition coefficient (Wildman–Crippen LogP) is 1.36. The number of aryl methyl sites for hydroxylation is 1. The van der Waals surface area contributed by atoms with Gasteiger partial charge in [0.2, 0.25) is 5.91 Å². The van der Waals surface area contributed by atoms with Gasteiger partial charge >= 0.3 is 5.97 Å². The summed E-state index contributed by atoms with van der Waals surface area (Å²) in [5, 5.41) is 11.6. The fourth-order valence-electron chi connectivity index (χ4n) is 1.48. The van der Waals surface area contributed by atoms with Gasteiger partial charge in [-0.3, -0.25) is 14.6 Å². The van der Waals surface area contributed by atoms with Gasteiger partial charge in [-0.1, -0.05) is 13.8 Å². The number of carboxylic acid groups (broad SMARTS) is 1. The normalized spacial score (nSPS) is 13.7. The quantitative estimate of drug-likeness (QED) is 0.827. The van der Waals surface area contributed by atoms with E-state index < -0.39 is 17.8 Å². The molecular weight excluding hydrogens is 232 g/mol. The van der Waals surface area contributed by atoms with Crippen LogP contribution < -0.4 is 5.32 Å². The highest BCUT2D eigenvalue weighted by atomic mass is 16.4. The number of hydrogen-bond donors (Lipinski definition) is 2. The van der Waals surface area contributed by atoms with E-state index in [0.717, 1.165) is 11.1 Å². The van der Waals surface area contributed by atoms with Crippen molar-refractivity contribution in [2.24, 2.45) is 11.8 Å². The Kier molecular flexibility index (Phi) is 4.83. The van der Waals surface area contributed by atoms with E-state index in [1.807, 2.05) is 13.0 Å². The van der Waals surface area contributed by atoms with Crippen LogP contribution in [0.25, 0.3) is 0 Å². The molecule has 0 aliphatic heterocycles. The third-order valence-electron chi connectivity index (χ3n) is 3.14. The SMILES string of the molecule is Cc1cnccc1CNC(=O)C(C)C(C)C(=O)O. The van der Waals surface area contributed by atoms with Gasteiger partial charge in [-0.2, -0.15) is 0 Å². The van der Waals surface area contributed by atoms with Crippen LogP contribution in [0.1, 0.15) is 25.0 Å². The van der Waals surface area contributed by atoms with Crippen molar-refractivity contribution >= 4 is 11.9 Å². The molecule has 1 aromatic rings. The molecule has 1 amide bonds. The molecular formula is C13H18N2O3. The molecule has 2 unspecified atom stereocenters. The lowest BCUT2D eigenvalue weighted by atomic mass is 9.95. The van der Waals surface area contributed by atoms with E-state index in [-0.39, 0.29) is 5.91 Å². The molecule has 0 saturated carbocycles. The summed E-state index contributed by atoms with van der Waals surface area (Å²) < 4.78 is 0. The van der Waals surface area contributed by atoms with Crippen LogP contribution in [0.15, 0.2) is 18.5 Å². The van der Waals surface area contributed by atoms with E-state index in [2.05, 4.69) is 10.3 Å². The molecule has 2 N–H and O–H groups in total. The Morgan fingerprint density at radius 1 is 1.39 bits per heavy atom. The van der Waals surface area contributed by atoms with Gasteiger partial charge in [-0.15, -0.1) is 0 Å². The maximum Gasteiger partial charge on any atom is 0.307 e. The molecule has 1 heterocycles. The molecule has 0 aromatic carbocycles. The second-order valence-electron chi connectivity index (χ2n) is 4.44. The number of carbonyl (C=O) groups is 2. The minimum atomic E-state index is -0.960. The third kappa shape index (κ3) is 3.55. The number of hydrogen-bond acceptors (Lipinski definition) is 3. The highest BCUT2D eigenvalue weighted by Gasteiger charge is 2.25. The summed E-state index contributed by atoms with van der Waals surface area (Å²) in [5.41, 5.74) is 1.98. The van der Waals surface area contributed by atoms with E-state index in [1.165, 1.54) is 6.92 Å². The minimum absolute atomic E-state index is 0.249. The number of carbonyl (C=O) groups excluding carboxylic acids is 1. The van der Waals surface area contributed by atoms with Crippen molar-refractivity contribution in [3.63, 3.8) is 0 Å². The van der Waals surface area contributed by atoms with Crippen LogP contribution in [0.2, 0.25) is 0 Å². The lowest BCUT2D eigenvalue weighted by Crippen LogP contribution is -2.35. The zero-order valence-electron chi connectivity index (χ0n) is 10.8.